The molecule has 0 N–H and O–H groups in total. The predicted molar refractivity (Wildman–Crippen MR) is 115 cm³/mol. The number of nitrogens with zero attached hydrogens (tertiary/aromatic N) is 4. The summed E-state index contributed by atoms with van der Waals surface area (Å²) in [4.78, 5) is 36.7. The van der Waals surface area contributed by atoms with Gasteiger partial charge in [-0.25, -0.2) is 4.79 Å². The van der Waals surface area contributed by atoms with Gasteiger partial charge in [0.1, 0.15) is 0 Å². The molecule has 0 bridgehead atoms. The molecule has 0 saturated heterocycles. The van der Waals surface area contributed by atoms with Crippen molar-refractivity contribution in [2.45, 2.75) is 13.8 Å². The molecule has 0 unspecified atom stereocenters. The standard InChI is InChI=1S/C22H20N4O4/c1-13-7-5-6-8-16(13)25-12-18-19(21(27)24(4)22(28)23(18)3)20(25)15-10-9-14(2)17(11-15)26(29)30/h5-12H,1-4H3. The number of nitro benzene ring substituents is 1. The van der Waals surface area contributed by atoms with Gasteiger partial charge < -0.3 is 4.57 Å². The molecule has 0 aliphatic heterocycles. The van der Waals surface area contributed by atoms with Crippen molar-refractivity contribution in [3.05, 3.63) is 90.7 Å². The molecular formula is C22H20N4O4. The Morgan fingerprint density at radius 2 is 1.63 bits per heavy atom. The minimum Gasteiger partial charge on any atom is -0.313 e. The average molecular weight is 404 g/mol. The third kappa shape index (κ3) is 2.76. The van der Waals surface area contributed by atoms with Crippen molar-refractivity contribution in [1.29, 1.82) is 0 Å². The minimum atomic E-state index is -0.446. The molecule has 2 aromatic heterocycles. The van der Waals surface area contributed by atoms with E-state index in [4.69, 9.17) is 0 Å². The summed E-state index contributed by atoms with van der Waals surface area (Å²) in [6.07, 6.45) is 1.74. The van der Waals surface area contributed by atoms with Crippen LogP contribution in [0.3, 0.4) is 0 Å². The molecule has 2 aromatic carbocycles. The van der Waals surface area contributed by atoms with Crippen molar-refractivity contribution in [2.24, 2.45) is 14.1 Å². The van der Waals surface area contributed by atoms with Crippen LogP contribution in [0.1, 0.15) is 11.1 Å². The molecule has 30 heavy (non-hydrogen) atoms. The number of benzene rings is 2. The lowest BCUT2D eigenvalue weighted by atomic mass is 10.0. The van der Waals surface area contributed by atoms with Crippen molar-refractivity contribution in [3.8, 4) is 16.9 Å². The molecule has 0 amide bonds. The lowest BCUT2D eigenvalue weighted by Crippen LogP contribution is -2.36. The third-order valence-electron chi connectivity index (χ3n) is 5.49. The summed E-state index contributed by atoms with van der Waals surface area (Å²) >= 11 is 0. The molecule has 8 heteroatoms. The van der Waals surface area contributed by atoms with Crippen LogP contribution in [0.5, 0.6) is 0 Å². The van der Waals surface area contributed by atoms with E-state index in [0.717, 1.165) is 15.8 Å². The van der Waals surface area contributed by atoms with Crippen LogP contribution < -0.4 is 11.2 Å². The summed E-state index contributed by atoms with van der Waals surface area (Å²) < 4.78 is 4.30. The van der Waals surface area contributed by atoms with Gasteiger partial charge in [0.25, 0.3) is 11.2 Å². The number of para-hydroxylation sites is 1. The molecule has 0 saturated carbocycles. The second kappa shape index (κ2) is 6.84. The number of aryl methyl sites for hydroxylation is 3. The van der Waals surface area contributed by atoms with Gasteiger partial charge in [-0.15, -0.1) is 0 Å². The molecule has 0 aliphatic carbocycles. The van der Waals surface area contributed by atoms with Crippen molar-refractivity contribution in [1.82, 2.24) is 13.7 Å². The van der Waals surface area contributed by atoms with Crippen LogP contribution in [0.15, 0.2) is 58.3 Å². The van der Waals surface area contributed by atoms with E-state index in [1.807, 2.05) is 35.8 Å². The first-order valence-electron chi connectivity index (χ1n) is 9.35. The van der Waals surface area contributed by atoms with Crippen molar-refractivity contribution in [3.63, 3.8) is 0 Å². The van der Waals surface area contributed by atoms with Gasteiger partial charge in [-0.2, -0.15) is 0 Å². The van der Waals surface area contributed by atoms with Crippen LogP contribution in [-0.2, 0) is 14.1 Å². The Hall–Kier alpha value is -3.94. The van der Waals surface area contributed by atoms with Gasteiger partial charge in [0.15, 0.2) is 0 Å². The highest BCUT2D eigenvalue weighted by atomic mass is 16.6. The quantitative estimate of drug-likeness (QED) is 0.387. The highest BCUT2D eigenvalue weighted by Gasteiger charge is 2.22. The van der Waals surface area contributed by atoms with Crippen LogP contribution >= 0.6 is 0 Å². The molecule has 0 atom stereocenters. The maximum atomic E-state index is 13.1. The van der Waals surface area contributed by atoms with E-state index in [1.54, 1.807) is 32.3 Å². The van der Waals surface area contributed by atoms with Gasteiger partial charge in [0.2, 0.25) is 0 Å². The maximum absolute atomic E-state index is 13.1. The number of fused-ring (bicyclic) bond motifs is 1. The van der Waals surface area contributed by atoms with E-state index in [-0.39, 0.29) is 5.69 Å². The van der Waals surface area contributed by atoms with Crippen LogP contribution in [0, 0.1) is 24.0 Å². The van der Waals surface area contributed by atoms with Gasteiger partial charge in [0, 0.05) is 43.2 Å². The van der Waals surface area contributed by atoms with Crippen LogP contribution in [-0.4, -0.2) is 18.6 Å². The second-order valence-corrected chi connectivity index (χ2v) is 7.36. The summed E-state index contributed by atoms with van der Waals surface area (Å²) in [6, 6.07) is 12.5. The summed E-state index contributed by atoms with van der Waals surface area (Å²) in [5.41, 5.74) is 2.91. The topological polar surface area (TPSA) is 92.1 Å². The summed E-state index contributed by atoms with van der Waals surface area (Å²) in [7, 11) is 3.03. The van der Waals surface area contributed by atoms with E-state index in [9.17, 15) is 19.7 Å². The Morgan fingerprint density at radius 1 is 0.933 bits per heavy atom. The number of nitro groups is 1. The Labute approximate surface area is 171 Å². The zero-order valence-corrected chi connectivity index (χ0v) is 17.0. The zero-order valence-electron chi connectivity index (χ0n) is 17.0. The summed E-state index contributed by atoms with van der Waals surface area (Å²) in [5.74, 6) is 0. The Morgan fingerprint density at radius 3 is 2.30 bits per heavy atom. The lowest BCUT2D eigenvalue weighted by molar-refractivity contribution is -0.385. The van der Waals surface area contributed by atoms with Gasteiger partial charge >= 0.3 is 5.69 Å². The largest absolute Gasteiger partial charge is 0.330 e. The third-order valence-corrected chi connectivity index (χ3v) is 5.49. The molecule has 0 spiro atoms. The first kappa shape index (κ1) is 19.4. The van der Waals surface area contributed by atoms with Crippen molar-refractivity contribution in [2.75, 3.05) is 0 Å². The molecule has 0 fully saturated rings. The monoisotopic (exact) mass is 404 g/mol. The van der Waals surface area contributed by atoms with E-state index >= 15 is 0 Å². The fraction of sp³-hybridized carbons (Fsp3) is 0.182. The Kier molecular flexibility index (Phi) is 4.42. The molecule has 0 radical (unpaired) electrons. The molecular weight excluding hydrogens is 384 g/mol. The van der Waals surface area contributed by atoms with Gasteiger partial charge in [0.05, 0.1) is 21.5 Å². The fourth-order valence-corrected chi connectivity index (χ4v) is 3.80. The smallest absolute Gasteiger partial charge is 0.313 e. The number of hydrogen-bond donors (Lipinski definition) is 0. The summed E-state index contributed by atoms with van der Waals surface area (Å²) in [6.45, 7) is 3.61. The first-order chi connectivity index (χ1) is 14.2. The molecule has 4 rings (SSSR count). The zero-order chi connectivity index (χ0) is 21.7. The Balaban J connectivity index is 2.23. The maximum Gasteiger partial charge on any atom is 0.330 e. The Bertz CT molecular complexity index is 1460. The number of aromatic nitrogens is 3. The van der Waals surface area contributed by atoms with Crippen LogP contribution in [0.2, 0.25) is 0 Å². The fourth-order valence-electron chi connectivity index (χ4n) is 3.80. The van der Waals surface area contributed by atoms with E-state index < -0.39 is 16.2 Å². The van der Waals surface area contributed by atoms with Crippen LogP contribution in [0.4, 0.5) is 5.69 Å². The van der Waals surface area contributed by atoms with E-state index in [2.05, 4.69) is 0 Å². The highest BCUT2D eigenvalue weighted by Crippen LogP contribution is 2.34. The number of rotatable bonds is 3. The molecule has 4 aromatic rings. The molecule has 8 nitrogen and oxygen atoms in total. The van der Waals surface area contributed by atoms with E-state index in [0.29, 0.717) is 27.7 Å². The number of hydrogen-bond acceptors (Lipinski definition) is 4. The van der Waals surface area contributed by atoms with E-state index in [1.165, 1.54) is 17.7 Å². The highest BCUT2D eigenvalue weighted by molar-refractivity contribution is 5.95. The summed E-state index contributed by atoms with van der Waals surface area (Å²) in [5, 5.41) is 11.9. The van der Waals surface area contributed by atoms with Crippen molar-refractivity contribution >= 4 is 16.6 Å². The lowest BCUT2D eigenvalue weighted by Gasteiger charge is -2.13. The van der Waals surface area contributed by atoms with Gasteiger partial charge in [-0.1, -0.05) is 30.3 Å². The predicted octanol–water partition coefficient (Wildman–Crippen LogP) is 3.22. The first-order valence-corrected chi connectivity index (χ1v) is 9.35. The van der Waals surface area contributed by atoms with Gasteiger partial charge in [-0.3, -0.25) is 24.0 Å². The van der Waals surface area contributed by atoms with Gasteiger partial charge in [-0.05, 0) is 25.5 Å². The SMILES string of the molecule is Cc1ccccc1-n1cc2c(c1-c1ccc(C)c([N+](=O)[O-])c1)c(=O)n(C)c(=O)n2C. The second-order valence-electron chi connectivity index (χ2n) is 7.36. The normalized spacial score (nSPS) is 11.2. The molecule has 2 heterocycles. The molecule has 152 valence electrons. The minimum absolute atomic E-state index is 0.0279. The van der Waals surface area contributed by atoms with Crippen molar-refractivity contribution < 1.29 is 4.92 Å². The van der Waals surface area contributed by atoms with Crippen LogP contribution in [0.25, 0.3) is 27.8 Å². The molecule has 0 aliphatic rings. The average Bonchev–Trinajstić information content (AvgIpc) is 3.11.